The molecule has 2 atom stereocenters. The number of aliphatic hydroxyl groups excluding tert-OH is 1. The van der Waals surface area contributed by atoms with Gasteiger partial charge < -0.3 is 16.2 Å². The zero-order valence-corrected chi connectivity index (χ0v) is 11.1. The van der Waals surface area contributed by atoms with Gasteiger partial charge in [0.25, 0.3) is 0 Å². The number of halogens is 3. The molecule has 2 rings (SSSR count). The minimum Gasteiger partial charge on any atom is -0.398 e. The maximum Gasteiger partial charge on any atom is 0.418 e. The van der Waals surface area contributed by atoms with Gasteiger partial charge in [-0.05, 0) is 37.3 Å². The highest BCUT2D eigenvalue weighted by Crippen LogP contribution is 2.35. The highest BCUT2D eigenvalue weighted by molar-refractivity contribution is 5.55. The highest BCUT2D eigenvalue weighted by atomic mass is 19.4. The average Bonchev–Trinajstić information content (AvgIpc) is 2.36. The van der Waals surface area contributed by atoms with Crippen molar-refractivity contribution in [1.82, 2.24) is 5.32 Å². The van der Waals surface area contributed by atoms with Crippen molar-refractivity contribution in [3.8, 4) is 0 Å². The van der Waals surface area contributed by atoms with E-state index >= 15 is 0 Å². The van der Waals surface area contributed by atoms with Crippen LogP contribution in [0.1, 0.15) is 36.8 Å². The summed E-state index contributed by atoms with van der Waals surface area (Å²) in [5.74, 6) is 0. The predicted octanol–water partition coefficient (Wildman–Crippen LogP) is 2.68. The van der Waals surface area contributed by atoms with E-state index in [4.69, 9.17) is 5.73 Å². The number of para-hydroxylation sites is 1. The molecule has 6 heteroatoms. The Morgan fingerprint density at radius 2 is 2.05 bits per heavy atom. The summed E-state index contributed by atoms with van der Waals surface area (Å²) in [6.07, 6.45) is -1.46. The number of hydrogen-bond donors (Lipinski definition) is 3. The van der Waals surface area contributed by atoms with E-state index in [0.717, 1.165) is 25.3 Å². The monoisotopic (exact) mass is 288 g/mol. The summed E-state index contributed by atoms with van der Waals surface area (Å²) in [4.78, 5) is 0. The van der Waals surface area contributed by atoms with Crippen molar-refractivity contribution in [3.05, 3.63) is 29.3 Å². The van der Waals surface area contributed by atoms with E-state index in [1.165, 1.54) is 6.07 Å². The first-order chi connectivity index (χ1) is 9.38. The molecule has 0 unspecified atom stereocenters. The third-order valence-electron chi connectivity index (χ3n) is 3.73. The van der Waals surface area contributed by atoms with Gasteiger partial charge in [0, 0.05) is 18.3 Å². The summed E-state index contributed by atoms with van der Waals surface area (Å²) in [6, 6.07) is 4.08. The molecule has 0 radical (unpaired) electrons. The quantitative estimate of drug-likeness (QED) is 0.749. The van der Waals surface area contributed by atoms with E-state index in [-0.39, 0.29) is 24.4 Å². The number of rotatable bonds is 3. The molecule has 112 valence electrons. The molecule has 0 saturated heterocycles. The smallest absolute Gasteiger partial charge is 0.398 e. The third kappa shape index (κ3) is 3.64. The molecule has 1 aromatic carbocycles. The summed E-state index contributed by atoms with van der Waals surface area (Å²) >= 11 is 0. The van der Waals surface area contributed by atoms with Crippen molar-refractivity contribution in [3.63, 3.8) is 0 Å². The molecular formula is C14H19F3N2O. The maximum atomic E-state index is 12.7. The molecular weight excluding hydrogens is 269 g/mol. The van der Waals surface area contributed by atoms with Crippen LogP contribution in [0.3, 0.4) is 0 Å². The van der Waals surface area contributed by atoms with Crippen LogP contribution < -0.4 is 11.1 Å². The van der Waals surface area contributed by atoms with Crippen LogP contribution in [-0.4, -0.2) is 17.3 Å². The van der Waals surface area contributed by atoms with Gasteiger partial charge in [-0.3, -0.25) is 0 Å². The molecule has 0 aliphatic heterocycles. The molecule has 1 fully saturated rings. The molecule has 4 N–H and O–H groups in total. The Hall–Kier alpha value is -1.27. The maximum absolute atomic E-state index is 12.7. The lowest BCUT2D eigenvalue weighted by molar-refractivity contribution is -0.136. The number of benzene rings is 1. The second kappa shape index (κ2) is 6.01. The fourth-order valence-electron chi connectivity index (χ4n) is 2.62. The molecule has 1 aliphatic rings. The second-order valence-corrected chi connectivity index (χ2v) is 5.27. The van der Waals surface area contributed by atoms with Gasteiger partial charge in [-0.15, -0.1) is 0 Å². The SMILES string of the molecule is Nc1c(CN[C@@H]2CCC[C@H](O)C2)cccc1C(F)(F)F. The topological polar surface area (TPSA) is 58.3 Å². The number of nitrogen functional groups attached to an aromatic ring is 1. The fraction of sp³-hybridized carbons (Fsp3) is 0.571. The van der Waals surface area contributed by atoms with Gasteiger partial charge >= 0.3 is 6.18 Å². The highest BCUT2D eigenvalue weighted by Gasteiger charge is 2.33. The molecule has 1 aromatic rings. The largest absolute Gasteiger partial charge is 0.418 e. The van der Waals surface area contributed by atoms with Crippen molar-refractivity contribution in [1.29, 1.82) is 0 Å². The van der Waals surface area contributed by atoms with Gasteiger partial charge in [0.05, 0.1) is 11.7 Å². The predicted molar refractivity (Wildman–Crippen MR) is 71.0 cm³/mol. The Balaban J connectivity index is 2.03. The summed E-state index contributed by atoms with van der Waals surface area (Å²) in [6.45, 7) is 0.285. The lowest BCUT2D eigenvalue weighted by atomic mass is 9.93. The van der Waals surface area contributed by atoms with Gasteiger partial charge in [-0.25, -0.2) is 0 Å². The number of hydrogen-bond acceptors (Lipinski definition) is 3. The lowest BCUT2D eigenvalue weighted by Crippen LogP contribution is -2.35. The van der Waals surface area contributed by atoms with Crippen molar-refractivity contribution < 1.29 is 18.3 Å². The van der Waals surface area contributed by atoms with Crippen molar-refractivity contribution in [2.75, 3.05) is 5.73 Å². The second-order valence-electron chi connectivity index (χ2n) is 5.27. The summed E-state index contributed by atoms with van der Waals surface area (Å²) in [5.41, 5.74) is 5.04. The Bertz CT molecular complexity index is 462. The molecule has 0 bridgehead atoms. The summed E-state index contributed by atoms with van der Waals surface area (Å²) in [7, 11) is 0. The van der Waals surface area contributed by atoms with Crippen molar-refractivity contribution >= 4 is 5.69 Å². The molecule has 3 nitrogen and oxygen atoms in total. The van der Waals surface area contributed by atoms with Gasteiger partial charge in [-0.1, -0.05) is 12.1 Å². The van der Waals surface area contributed by atoms with E-state index in [1.807, 2.05) is 0 Å². The fourth-order valence-corrected chi connectivity index (χ4v) is 2.62. The summed E-state index contributed by atoms with van der Waals surface area (Å²) < 4.78 is 38.2. The minimum absolute atomic E-state index is 0.132. The van der Waals surface area contributed by atoms with E-state index in [0.29, 0.717) is 12.0 Å². The normalized spacial score (nSPS) is 23.8. The standard InChI is InChI=1S/C14H19F3N2O/c15-14(16,17)12-6-1-3-9(13(12)18)8-19-10-4-2-5-11(20)7-10/h1,3,6,10-11,19-20H,2,4-5,7-8,18H2/t10-,11+/m1/s1. The van der Waals surface area contributed by atoms with E-state index < -0.39 is 11.7 Å². The molecule has 1 saturated carbocycles. The Morgan fingerprint density at radius 1 is 1.30 bits per heavy atom. The van der Waals surface area contributed by atoms with Gasteiger partial charge in [0.15, 0.2) is 0 Å². The van der Waals surface area contributed by atoms with Crippen molar-refractivity contribution in [2.45, 2.75) is 50.6 Å². The first kappa shape index (κ1) is 15.1. The third-order valence-corrected chi connectivity index (χ3v) is 3.73. The molecule has 0 spiro atoms. The molecule has 1 aliphatic carbocycles. The molecule has 20 heavy (non-hydrogen) atoms. The average molecular weight is 288 g/mol. The molecule has 0 amide bonds. The van der Waals surface area contributed by atoms with Gasteiger partial charge in [-0.2, -0.15) is 13.2 Å². The van der Waals surface area contributed by atoms with E-state index in [1.54, 1.807) is 6.07 Å². The lowest BCUT2D eigenvalue weighted by Gasteiger charge is -2.27. The van der Waals surface area contributed by atoms with Gasteiger partial charge in [0.1, 0.15) is 0 Å². The van der Waals surface area contributed by atoms with Crippen LogP contribution in [0, 0.1) is 0 Å². The van der Waals surface area contributed by atoms with Crippen LogP contribution in [-0.2, 0) is 12.7 Å². The number of aliphatic hydroxyl groups is 1. The van der Waals surface area contributed by atoms with Crippen LogP contribution >= 0.6 is 0 Å². The summed E-state index contributed by atoms with van der Waals surface area (Å²) in [5, 5.41) is 12.7. The van der Waals surface area contributed by atoms with Gasteiger partial charge in [0.2, 0.25) is 0 Å². The number of alkyl halides is 3. The minimum atomic E-state index is -4.43. The Morgan fingerprint density at radius 3 is 2.70 bits per heavy atom. The Labute approximate surface area is 116 Å². The number of anilines is 1. The first-order valence-electron chi connectivity index (χ1n) is 6.74. The molecule has 0 heterocycles. The van der Waals surface area contributed by atoms with Crippen molar-refractivity contribution in [2.24, 2.45) is 0 Å². The zero-order valence-electron chi connectivity index (χ0n) is 11.1. The number of nitrogens with two attached hydrogens (primary N) is 1. The zero-order chi connectivity index (χ0) is 14.8. The van der Waals surface area contributed by atoms with E-state index in [9.17, 15) is 18.3 Å². The van der Waals surface area contributed by atoms with Crippen LogP contribution in [0.5, 0.6) is 0 Å². The van der Waals surface area contributed by atoms with E-state index in [2.05, 4.69) is 5.32 Å². The molecule has 0 aromatic heterocycles. The van der Waals surface area contributed by atoms with Crippen LogP contribution in [0.25, 0.3) is 0 Å². The van der Waals surface area contributed by atoms with Crippen LogP contribution in [0.15, 0.2) is 18.2 Å². The number of nitrogens with one attached hydrogen (secondary N) is 1. The first-order valence-corrected chi connectivity index (χ1v) is 6.74. The Kier molecular flexibility index (Phi) is 4.55. The van der Waals surface area contributed by atoms with Crippen LogP contribution in [0.4, 0.5) is 18.9 Å². The van der Waals surface area contributed by atoms with Crippen LogP contribution in [0.2, 0.25) is 0 Å².